The minimum atomic E-state index is -0.437. The van der Waals surface area contributed by atoms with Crippen LogP contribution in [0.5, 0.6) is 0 Å². The fraction of sp³-hybridized carbons (Fsp3) is 0.273. The van der Waals surface area contributed by atoms with Crippen molar-refractivity contribution in [2.45, 2.75) is 30.8 Å². The first-order valence-corrected chi connectivity index (χ1v) is 10.4. The third kappa shape index (κ3) is 5.06. The third-order valence-electron chi connectivity index (χ3n) is 4.47. The quantitative estimate of drug-likeness (QED) is 0.555. The van der Waals surface area contributed by atoms with Crippen LogP contribution in [0.1, 0.15) is 18.1 Å². The van der Waals surface area contributed by atoms with E-state index in [1.54, 1.807) is 38.3 Å². The number of nitriles is 1. The van der Waals surface area contributed by atoms with Crippen molar-refractivity contribution in [3.63, 3.8) is 0 Å². The van der Waals surface area contributed by atoms with E-state index >= 15 is 0 Å². The van der Waals surface area contributed by atoms with E-state index in [4.69, 9.17) is 4.74 Å². The molecule has 0 unspecified atom stereocenters. The van der Waals surface area contributed by atoms with Gasteiger partial charge in [-0.1, -0.05) is 47.7 Å². The lowest BCUT2D eigenvalue weighted by Crippen LogP contribution is -2.23. The standard InChI is InChI=1S/C22H23N5O2S/c1-15-7-6-9-17(13-15)20-25-26-22(27(20)11-12-29-3)30-16(2)21(28)24-19-10-5-4-8-18(19)14-23/h4-10,13,16H,11-12H2,1-3H3,(H,24,28)/t16-/m1/s1. The first-order valence-electron chi connectivity index (χ1n) is 9.49. The van der Waals surface area contributed by atoms with Gasteiger partial charge in [0.05, 0.1) is 29.7 Å². The largest absolute Gasteiger partial charge is 0.383 e. The lowest BCUT2D eigenvalue weighted by atomic mass is 10.1. The number of rotatable bonds is 8. The smallest absolute Gasteiger partial charge is 0.237 e. The van der Waals surface area contributed by atoms with E-state index in [0.29, 0.717) is 29.6 Å². The highest BCUT2D eigenvalue weighted by atomic mass is 32.2. The number of hydrogen-bond acceptors (Lipinski definition) is 6. The predicted octanol–water partition coefficient (Wildman–Crippen LogP) is 3.89. The van der Waals surface area contributed by atoms with Gasteiger partial charge in [-0.3, -0.25) is 9.36 Å². The molecule has 1 heterocycles. The molecular weight excluding hydrogens is 398 g/mol. The van der Waals surface area contributed by atoms with Gasteiger partial charge in [-0.2, -0.15) is 5.26 Å². The van der Waals surface area contributed by atoms with Crippen molar-refractivity contribution < 1.29 is 9.53 Å². The number of nitrogens with one attached hydrogen (secondary N) is 1. The molecule has 7 nitrogen and oxygen atoms in total. The van der Waals surface area contributed by atoms with Gasteiger partial charge in [0.15, 0.2) is 11.0 Å². The molecule has 2 aromatic carbocycles. The summed E-state index contributed by atoms with van der Waals surface area (Å²) in [7, 11) is 1.65. The van der Waals surface area contributed by atoms with Crippen LogP contribution in [0.4, 0.5) is 5.69 Å². The summed E-state index contributed by atoms with van der Waals surface area (Å²) in [5, 5.41) is 20.9. The van der Waals surface area contributed by atoms with E-state index in [2.05, 4.69) is 27.6 Å². The molecule has 0 saturated heterocycles. The lowest BCUT2D eigenvalue weighted by Gasteiger charge is -2.14. The second kappa shape index (κ2) is 10.1. The Balaban J connectivity index is 1.81. The van der Waals surface area contributed by atoms with Crippen LogP contribution in [-0.2, 0) is 16.1 Å². The summed E-state index contributed by atoms with van der Waals surface area (Å²) in [6, 6.07) is 17.1. The predicted molar refractivity (Wildman–Crippen MR) is 117 cm³/mol. The number of ether oxygens (including phenoxy) is 1. The van der Waals surface area contributed by atoms with Crippen molar-refractivity contribution in [3.05, 3.63) is 59.7 Å². The highest BCUT2D eigenvalue weighted by molar-refractivity contribution is 8.00. The van der Waals surface area contributed by atoms with Crippen molar-refractivity contribution in [1.82, 2.24) is 14.8 Å². The molecule has 0 spiro atoms. The zero-order valence-electron chi connectivity index (χ0n) is 17.1. The number of hydrogen-bond donors (Lipinski definition) is 1. The van der Waals surface area contributed by atoms with Crippen LogP contribution in [0.2, 0.25) is 0 Å². The number of carbonyl (C=O) groups is 1. The van der Waals surface area contributed by atoms with E-state index in [1.165, 1.54) is 11.8 Å². The zero-order valence-corrected chi connectivity index (χ0v) is 17.9. The minimum absolute atomic E-state index is 0.207. The first kappa shape index (κ1) is 21.6. The van der Waals surface area contributed by atoms with Gasteiger partial charge in [-0.25, -0.2) is 0 Å². The Morgan fingerprint density at radius 2 is 2.07 bits per heavy atom. The van der Waals surface area contributed by atoms with Crippen molar-refractivity contribution in [1.29, 1.82) is 5.26 Å². The van der Waals surface area contributed by atoms with Crippen molar-refractivity contribution in [2.75, 3.05) is 19.0 Å². The Morgan fingerprint density at radius 3 is 2.80 bits per heavy atom. The first-order chi connectivity index (χ1) is 14.5. The fourth-order valence-electron chi connectivity index (χ4n) is 2.89. The topological polar surface area (TPSA) is 92.8 Å². The second-order valence-corrected chi connectivity index (χ2v) is 8.03. The van der Waals surface area contributed by atoms with Crippen LogP contribution in [0.15, 0.2) is 53.7 Å². The maximum absolute atomic E-state index is 12.7. The van der Waals surface area contributed by atoms with Crippen LogP contribution in [0.25, 0.3) is 11.4 Å². The van der Waals surface area contributed by atoms with Crippen LogP contribution in [0.3, 0.4) is 0 Å². The number of aromatic nitrogens is 3. The van der Waals surface area contributed by atoms with Crippen molar-refractivity contribution in [2.24, 2.45) is 0 Å². The molecule has 3 rings (SSSR count). The van der Waals surface area contributed by atoms with Crippen LogP contribution in [0, 0.1) is 18.3 Å². The molecule has 0 fully saturated rings. The second-order valence-electron chi connectivity index (χ2n) is 6.73. The normalized spacial score (nSPS) is 11.7. The van der Waals surface area contributed by atoms with E-state index in [-0.39, 0.29) is 5.91 Å². The number of amides is 1. The van der Waals surface area contributed by atoms with Gasteiger partial charge < -0.3 is 10.1 Å². The summed E-state index contributed by atoms with van der Waals surface area (Å²) in [6.45, 7) is 4.90. The molecule has 0 radical (unpaired) electrons. The van der Waals surface area contributed by atoms with E-state index in [9.17, 15) is 10.1 Å². The zero-order chi connectivity index (χ0) is 21.5. The van der Waals surface area contributed by atoms with Crippen molar-refractivity contribution >= 4 is 23.4 Å². The molecule has 154 valence electrons. The van der Waals surface area contributed by atoms with Crippen LogP contribution < -0.4 is 5.32 Å². The molecule has 30 heavy (non-hydrogen) atoms. The lowest BCUT2D eigenvalue weighted by molar-refractivity contribution is -0.115. The molecule has 0 aliphatic rings. The Morgan fingerprint density at radius 1 is 1.27 bits per heavy atom. The number of benzene rings is 2. The highest BCUT2D eigenvalue weighted by Gasteiger charge is 2.21. The minimum Gasteiger partial charge on any atom is -0.383 e. The number of methoxy groups -OCH3 is 1. The Labute approximate surface area is 180 Å². The number of carbonyl (C=O) groups excluding carboxylic acids is 1. The Hall–Kier alpha value is -3.15. The Bertz CT molecular complexity index is 1070. The highest BCUT2D eigenvalue weighted by Crippen LogP contribution is 2.28. The van der Waals surface area contributed by atoms with Gasteiger partial charge in [0, 0.05) is 12.7 Å². The summed E-state index contributed by atoms with van der Waals surface area (Å²) < 4.78 is 7.21. The molecule has 3 aromatic rings. The third-order valence-corrected chi connectivity index (χ3v) is 5.55. The number of thioether (sulfide) groups is 1. The molecule has 0 aliphatic heterocycles. The molecule has 1 aromatic heterocycles. The van der Waals surface area contributed by atoms with Gasteiger partial charge in [0.1, 0.15) is 6.07 Å². The van der Waals surface area contributed by atoms with E-state index in [1.807, 2.05) is 29.7 Å². The van der Waals surface area contributed by atoms with Crippen molar-refractivity contribution in [3.8, 4) is 17.5 Å². The maximum Gasteiger partial charge on any atom is 0.237 e. The molecule has 8 heteroatoms. The number of anilines is 1. The van der Waals surface area contributed by atoms with E-state index in [0.717, 1.165) is 17.0 Å². The average Bonchev–Trinajstić information content (AvgIpc) is 3.14. The molecule has 0 bridgehead atoms. The van der Waals surface area contributed by atoms with Gasteiger partial charge in [-0.05, 0) is 32.0 Å². The summed E-state index contributed by atoms with van der Waals surface area (Å²) in [4.78, 5) is 12.7. The van der Waals surface area contributed by atoms with Gasteiger partial charge in [0.25, 0.3) is 0 Å². The molecule has 1 atom stereocenters. The van der Waals surface area contributed by atoms with Gasteiger partial charge in [-0.15, -0.1) is 10.2 Å². The van der Waals surface area contributed by atoms with E-state index < -0.39 is 5.25 Å². The maximum atomic E-state index is 12.7. The summed E-state index contributed by atoms with van der Waals surface area (Å²) in [5.41, 5.74) is 3.02. The summed E-state index contributed by atoms with van der Waals surface area (Å²) in [6.07, 6.45) is 0. The van der Waals surface area contributed by atoms with Crippen LogP contribution in [-0.4, -0.2) is 39.6 Å². The monoisotopic (exact) mass is 421 g/mol. The molecule has 1 amide bonds. The molecule has 0 saturated carbocycles. The Kier molecular flexibility index (Phi) is 7.22. The molecular formula is C22H23N5O2S. The SMILES string of the molecule is COCCn1c(S[C@H](C)C(=O)Nc2ccccc2C#N)nnc1-c1cccc(C)c1. The number of para-hydroxylation sites is 1. The van der Waals surface area contributed by atoms with Gasteiger partial charge in [0.2, 0.25) is 5.91 Å². The molecule has 0 aliphatic carbocycles. The fourth-order valence-corrected chi connectivity index (χ4v) is 3.77. The van der Waals surface area contributed by atoms with Crippen LogP contribution >= 0.6 is 11.8 Å². The average molecular weight is 422 g/mol. The number of aryl methyl sites for hydroxylation is 1. The number of nitrogens with zero attached hydrogens (tertiary/aromatic N) is 4. The van der Waals surface area contributed by atoms with Gasteiger partial charge >= 0.3 is 0 Å². The summed E-state index contributed by atoms with van der Waals surface area (Å²) in [5.74, 6) is 0.529. The molecule has 1 N–H and O–H groups in total. The summed E-state index contributed by atoms with van der Waals surface area (Å²) >= 11 is 1.32.